The summed E-state index contributed by atoms with van der Waals surface area (Å²) in [4.78, 5) is 22.4. The van der Waals surface area contributed by atoms with E-state index in [1.165, 1.54) is 6.07 Å². The van der Waals surface area contributed by atoms with Crippen molar-refractivity contribution in [2.24, 2.45) is 0 Å². The number of methoxy groups -OCH3 is 1. The summed E-state index contributed by atoms with van der Waals surface area (Å²) in [6.07, 6.45) is 0.192. The molecule has 6 heteroatoms. The molecule has 0 aliphatic carbocycles. The average molecular weight is 300 g/mol. The van der Waals surface area contributed by atoms with Gasteiger partial charge < -0.3 is 10.1 Å². The minimum atomic E-state index is -0.455. The Balaban J connectivity index is 1.97. The Morgan fingerprint density at radius 2 is 2.00 bits per heavy atom. The molecule has 114 valence electrons. The summed E-state index contributed by atoms with van der Waals surface area (Å²) in [5.74, 6) is 0.482. The monoisotopic (exact) mass is 300 g/mol. The lowest BCUT2D eigenvalue weighted by Crippen LogP contribution is -2.24. The minimum Gasteiger partial charge on any atom is -0.497 e. The molecule has 0 radical (unpaired) electrons. The molecular formula is C16H16N2O4. The van der Waals surface area contributed by atoms with Gasteiger partial charge in [-0.1, -0.05) is 30.3 Å². The van der Waals surface area contributed by atoms with Gasteiger partial charge in [0.2, 0.25) is 5.91 Å². The molecule has 2 rings (SSSR count). The molecule has 0 fully saturated rings. The van der Waals surface area contributed by atoms with Crippen molar-refractivity contribution >= 4 is 11.6 Å². The van der Waals surface area contributed by atoms with Crippen molar-refractivity contribution < 1.29 is 14.5 Å². The molecule has 6 nitrogen and oxygen atoms in total. The van der Waals surface area contributed by atoms with Crippen molar-refractivity contribution in [2.75, 3.05) is 7.11 Å². The molecule has 0 aliphatic rings. The summed E-state index contributed by atoms with van der Waals surface area (Å²) in [5, 5.41) is 13.6. The van der Waals surface area contributed by atoms with Crippen LogP contribution in [0.3, 0.4) is 0 Å². The summed E-state index contributed by atoms with van der Waals surface area (Å²) in [5.41, 5.74) is 1.30. The quantitative estimate of drug-likeness (QED) is 0.656. The second-order valence-electron chi connectivity index (χ2n) is 4.69. The van der Waals surface area contributed by atoms with Gasteiger partial charge in [-0.2, -0.15) is 0 Å². The zero-order valence-corrected chi connectivity index (χ0v) is 12.1. The number of benzene rings is 2. The van der Waals surface area contributed by atoms with Gasteiger partial charge in [-0.25, -0.2) is 0 Å². The van der Waals surface area contributed by atoms with Crippen LogP contribution in [0.4, 0.5) is 5.69 Å². The first-order valence-electron chi connectivity index (χ1n) is 6.72. The lowest BCUT2D eigenvalue weighted by atomic mass is 10.1. The fourth-order valence-electron chi connectivity index (χ4n) is 2.06. The number of nitrogens with zero attached hydrogens (tertiary/aromatic N) is 1. The van der Waals surface area contributed by atoms with Crippen molar-refractivity contribution in [3.63, 3.8) is 0 Å². The number of nitro groups is 1. The van der Waals surface area contributed by atoms with E-state index in [4.69, 9.17) is 4.74 Å². The van der Waals surface area contributed by atoms with Crippen LogP contribution in [0.5, 0.6) is 5.75 Å². The molecule has 0 saturated carbocycles. The summed E-state index contributed by atoms with van der Waals surface area (Å²) in [6, 6.07) is 13.6. The highest BCUT2D eigenvalue weighted by molar-refractivity contribution is 5.78. The first kappa shape index (κ1) is 15.5. The Bertz CT molecular complexity index is 685. The van der Waals surface area contributed by atoms with Gasteiger partial charge in [-0.15, -0.1) is 0 Å². The summed E-state index contributed by atoms with van der Waals surface area (Å²) in [6.45, 7) is 0.125. The number of nitro benzene ring substituents is 1. The first-order valence-corrected chi connectivity index (χ1v) is 6.72. The molecule has 0 atom stereocenters. The van der Waals surface area contributed by atoms with Gasteiger partial charge in [-0.3, -0.25) is 14.9 Å². The highest BCUT2D eigenvalue weighted by atomic mass is 16.6. The van der Waals surface area contributed by atoms with E-state index >= 15 is 0 Å². The molecule has 22 heavy (non-hydrogen) atoms. The molecular weight excluding hydrogens is 284 g/mol. The van der Waals surface area contributed by atoms with Gasteiger partial charge in [0.05, 0.1) is 18.5 Å². The van der Waals surface area contributed by atoms with Crippen LogP contribution in [0.25, 0.3) is 0 Å². The molecule has 2 aromatic rings. The number of hydrogen-bond acceptors (Lipinski definition) is 4. The summed E-state index contributed by atoms with van der Waals surface area (Å²) >= 11 is 0. The van der Waals surface area contributed by atoms with Crippen LogP contribution in [0, 0.1) is 10.1 Å². The first-order chi connectivity index (χ1) is 10.6. The summed E-state index contributed by atoms with van der Waals surface area (Å²) in [7, 11) is 1.56. The Hall–Kier alpha value is -2.89. The normalized spacial score (nSPS) is 10.0. The number of para-hydroxylation sites is 1. The zero-order valence-electron chi connectivity index (χ0n) is 12.1. The van der Waals surface area contributed by atoms with E-state index in [-0.39, 0.29) is 24.6 Å². The fraction of sp³-hybridized carbons (Fsp3) is 0.188. The molecule has 0 saturated heterocycles. The standard InChI is InChI=1S/C16H16N2O4/c1-22-14-7-4-5-12(9-14)10-16(19)17-11-13-6-2-3-8-15(13)18(20)21/h2-9H,10-11H2,1H3,(H,17,19). The van der Waals surface area contributed by atoms with Gasteiger partial charge in [-0.05, 0) is 17.7 Å². The van der Waals surface area contributed by atoms with Gasteiger partial charge in [0.15, 0.2) is 0 Å². The largest absolute Gasteiger partial charge is 0.497 e. The highest BCUT2D eigenvalue weighted by Crippen LogP contribution is 2.17. The van der Waals surface area contributed by atoms with E-state index in [2.05, 4.69) is 5.32 Å². The van der Waals surface area contributed by atoms with E-state index in [1.54, 1.807) is 37.4 Å². The van der Waals surface area contributed by atoms with Crippen LogP contribution in [-0.2, 0) is 17.8 Å². The number of nitrogens with one attached hydrogen (secondary N) is 1. The topological polar surface area (TPSA) is 81.5 Å². The van der Waals surface area contributed by atoms with Crippen molar-refractivity contribution in [2.45, 2.75) is 13.0 Å². The smallest absolute Gasteiger partial charge is 0.274 e. The van der Waals surface area contributed by atoms with E-state index in [9.17, 15) is 14.9 Å². The highest BCUT2D eigenvalue weighted by Gasteiger charge is 2.13. The van der Waals surface area contributed by atoms with E-state index in [0.717, 1.165) is 5.56 Å². The maximum atomic E-state index is 11.9. The maximum absolute atomic E-state index is 11.9. The third kappa shape index (κ3) is 4.05. The van der Waals surface area contributed by atoms with Gasteiger partial charge in [0.1, 0.15) is 5.75 Å². The third-order valence-corrected chi connectivity index (χ3v) is 3.16. The number of rotatable bonds is 6. The van der Waals surface area contributed by atoms with E-state index in [1.807, 2.05) is 12.1 Å². The molecule has 0 bridgehead atoms. The van der Waals surface area contributed by atoms with Crippen LogP contribution in [-0.4, -0.2) is 17.9 Å². The Morgan fingerprint density at radius 3 is 2.73 bits per heavy atom. The Kier molecular flexibility index (Phi) is 5.08. The number of amides is 1. The van der Waals surface area contributed by atoms with Crippen LogP contribution in [0.15, 0.2) is 48.5 Å². The van der Waals surface area contributed by atoms with Crippen LogP contribution >= 0.6 is 0 Å². The molecule has 0 aromatic heterocycles. The van der Waals surface area contributed by atoms with Crippen molar-refractivity contribution in [1.29, 1.82) is 0 Å². The Labute approximate surface area is 127 Å². The summed E-state index contributed by atoms with van der Waals surface area (Å²) < 4.78 is 5.10. The second kappa shape index (κ2) is 7.21. The van der Waals surface area contributed by atoms with Crippen LogP contribution < -0.4 is 10.1 Å². The van der Waals surface area contributed by atoms with Crippen molar-refractivity contribution in [3.8, 4) is 5.75 Å². The molecule has 1 N–H and O–H groups in total. The molecule has 0 heterocycles. The molecule has 0 spiro atoms. The number of carbonyl (C=O) groups is 1. The molecule has 1 amide bonds. The number of hydrogen-bond donors (Lipinski definition) is 1. The number of ether oxygens (including phenoxy) is 1. The lowest BCUT2D eigenvalue weighted by Gasteiger charge is -2.07. The zero-order chi connectivity index (χ0) is 15.9. The second-order valence-corrected chi connectivity index (χ2v) is 4.69. The predicted octanol–water partition coefficient (Wildman–Crippen LogP) is 2.46. The minimum absolute atomic E-state index is 0.00387. The third-order valence-electron chi connectivity index (χ3n) is 3.16. The number of carbonyl (C=O) groups excluding carboxylic acids is 1. The van der Waals surface area contributed by atoms with Crippen LogP contribution in [0.1, 0.15) is 11.1 Å². The SMILES string of the molecule is COc1cccc(CC(=O)NCc2ccccc2[N+](=O)[O-])c1. The van der Waals surface area contributed by atoms with Gasteiger partial charge in [0.25, 0.3) is 5.69 Å². The predicted molar refractivity (Wildman–Crippen MR) is 81.6 cm³/mol. The van der Waals surface area contributed by atoms with Crippen molar-refractivity contribution in [3.05, 3.63) is 69.8 Å². The Morgan fingerprint density at radius 1 is 1.23 bits per heavy atom. The fourth-order valence-corrected chi connectivity index (χ4v) is 2.06. The van der Waals surface area contributed by atoms with Crippen LogP contribution in [0.2, 0.25) is 0 Å². The maximum Gasteiger partial charge on any atom is 0.274 e. The van der Waals surface area contributed by atoms with E-state index < -0.39 is 4.92 Å². The molecule has 0 unspecified atom stereocenters. The average Bonchev–Trinajstić information content (AvgIpc) is 2.53. The van der Waals surface area contributed by atoms with Crippen molar-refractivity contribution in [1.82, 2.24) is 5.32 Å². The lowest BCUT2D eigenvalue weighted by molar-refractivity contribution is -0.385. The van der Waals surface area contributed by atoms with Gasteiger partial charge >= 0.3 is 0 Å². The molecule has 0 aliphatic heterocycles. The van der Waals surface area contributed by atoms with Gasteiger partial charge in [0, 0.05) is 18.2 Å². The van der Waals surface area contributed by atoms with E-state index in [0.29, 0.717) is 11.3 Å². The molecule has 2 aromatic carbocycles.